The summed E-state index contributed by atoms with van der Waals surface area (Å²) in [7, 11) is 0. The largest absolute Gasteiger partial charge is 0.455 e. The summed E-state index contributed by atoms with van der Waals surface area (Å²) >= 11 is 0. The average molecular weight is 702 g/mol. The number of furan rings is 1. The van der Waals surface area contributed by atoms with Crippen LogP contribution in [0, 0.1) is 0 Å². The Morgan fingerprint density at radius 2 is 0.945 bits per heavy atom. The number of para-hydroxylation sites is 1. The molecule has 0 atom stereocenters. The molecule has 0 bridgehead atoms. The predicted octanol–water partition coefficient (Wildman–Crippen LogP) is 13.6. The fourth-order valence-corrected chi connectivity index (χ4v) is 7.99. The summed E-state index contributed by atoms with van der Waals surface area (Å²) in [5.41, 5.74) is 11.6. The Hall–Kier alpha value is -7.43. The van der Waals surface area contributed by atoms with Gasteiger partial charge in [-0.1, -0.05) is 158 Å². The molecule has 0 aliphatic rings. The SMILES string of the molecule is c1ccc(-c2cc(-c3ccccc3)nc(-c3ccc(-c4ccc5c(c4)nc(-c4cc6ccccc6c6ccccc46)c4c6ccccc6oc54)cc3)n2)cc1. The van der Waals surface area contributed by atoms with Crippen molar-refractivity contribution in [1.29, 1.82) is 0 Å². The highest BCUT2D eigenvalue weighted by Crippen LogP contribution is 2.43. The quantitative estimate of drug-likeness (QED) is 0.168. The number of fused-ring (bicyclic) bond motifs is 8. The van der Waals surface area contributed by atoms with Crippen molar-refractivity contribution in [3.05, 3.63) is 188 Å². The van der Waals surface area contributed by atoms with Gasteiger partial charge in [-0.2, -0.15) is 0 Å². The van der Waals surface area contributed by atoms with Crippen LogP contribution >= 0.6 is 0 Å². The van der Waals surface area contributed by atoms with Crippen LogP contribution in [0.15, 0.2) is 192 Å². The van der Waals surface area contributed by atoms with Gasteiger partial charge in [-0.15, -0.1) is 0 Å². The van der Waals surface area contributed by atoms with Gasteiger partial charge in [0.1, 0.15) is 11.2 Å². The Morgan fingerprint density at radius 1 is 0.364 bits per heavy atom. The normalized spacial score (nSPS) is 11.6. The second-order valence-corrected chi connectivity index (χ2v) is 14.0. The zero-order valence-corrected chi connectivity index (χ0v) is 29.6. The molecule has 11 aromatic rings. The number of pyridine rings is 1. The number of nitrogens with zero attached hydrogens (tertiary/aromatic N) is 3. The lowest BCUT2D eigenvalue weighted by atomic mass is 9.93. The number of hydrogen-bond donors (Lipinski definition) is 0. The van der Waals surface area contributed by atoms with Crippen molar-refractivity contribution in [3.63, 3.8) is 0 Å². The van der Waals surface area contributed by atoms with E-state index in [1.54, 1.807) is 0 Å². The van der Waals surface area contributed by atoms with Crippen LogP contribution in [-0.4, -0.2) is 15.0 Å². The molecule has 0 fully saturated rings. The lowest BCUT2D eigenvalue weighted by Gasteiger charge is -2.13. The molecule has 8 aromatic carbocycles. The van der Waals surface area contributed by atoms with E-state index in [1.807, 2.05) is 48.5 Å². The second kappa shape index (κ2) is 12.6. The van der Waals surface area contributed by atoms with Gasteiger partial charge >= 0.3 is 0 Å². The molecule has 11 rings (SSSR count). The average Bonchev–Trinajstić information content (AvgIpc) is 3.66. The van der Waals surface area contributed by atoms with Crippen LogP contribution in [-0.2, 0) is 0 Å². The molecule has 0 aliphatic heterocycles. The first-order valence-electron chi connectivity index (χ1n) is 18.5. The summed E-state index contributed by atoms with van der Waals surface area (Å²) in [6, 6.07) is 65.4. The van der Waals surface area contributed by atoms with E-state index in [4.69, 9.17) is 19.4 Å². The maximum Gasteiger partial charge on any atom is 0.160 e. The summed E-state index contributed by atoms with van der Waals surface area (Å²) in [6.45, 7) is 0. The maximum atomic E-state index is 6.67. The summed E-state index contributed by atoms with van der Waals surface area (Å²) in [4.78, 5) is 15.6. The first-order chi connectivity index (χ1) is 27.2. The van der Waals surface area contributed by atoms with E-state index in [1.165, 1.54) is 21.5 Å². The van der Waals surface area contributed by atoms with Crippen LogP contribution in [0.3, 0.4) is 0 Å². The highest BCUT2D eigenvalue weighted by molar-refractivity contribution is 6.23. The molecular weight excluding hydrogens is 671 g/mol. The molecule has 4 heteroatoms. The standard InChI is InChI=1S/C51H31N3O/c1-3-13-33(14-4-1)44-31-45(34-15-5-2-6-16-34)54-51(53-44)35-25-23-32(24-26-35)36-27-28-41-46(30-36)52-49(48-42-21-11-12-22-47(42)55-50(41)48)43-29-37-17-7-8-18-38(37)39-19-9-10-20-40(39)43/h1-31H. The monoisotopic (exact) mass is 701 g/mol. The molecule has 0 unspecified atom stereocenters. The highest BCUT2D eigenvalue weighted by Gasteiger charge is 2.20. The molecule has 55 heavy (non-hydrogen) atoms. The molecular formula is C51H31N3O. The van der Waals surface area contributed by atoms with Crippen LogP contribution in [0.4, 0.5) is 0 Å². The molecule has 0 radical (unpaired) electrons. The van der Waals surface area contributed by atoms with Gasteiger partial charge in [0, 0.05) is 33.0 Å². The second-order valence-electron chi connectivity index (χ2n) is 14.0. The van der Waals surface area contributed by atoms with E-state index < -0.39 is 0 Å². The molecule has 0 amide bonds. The van der Waals surface area contributed by atoms with E-state index in [-0.39, 0.29) is 0 Å². The van der Waals surface area contributed by atoms with Gasteiger partial charge in [0.05, 0.1) is 28.0 Å². The van der Waals surface area contributed by atoms with E-state index in [0.717, 1.165) is 83.3 Å². The zero-order valence-electron chi connectivity index (χ0n) is 29.6. The van der Waals surface area contributed by atoms with E-state index in [0.29, 0.717) is 5.82 Å². The Kier molecular flexibility index (Phi) is 7.14. The van der Waals surface area contributed by atoms with Crippen LogP contribution in [0.2, 0.25) is 0 Å². The number of benzene rings is 8. The number of aromatic nitrogens is 3. The molecule has 4 nitrogen and oxygen atoms in total. The molecule has 256 valence electrons. The lowest BCUT2D eigenvalue weighted by molar-refractivity contribution is 0.672. The van der Waals surface area contributed by atoms with E-state index >= 15 is 0 Å². The minimum absolute atomic E-state index is 0.687. The smallest absolute Gasteiger partial charge is 0.160 e. The van der Waals surface area contributed by atoms with Crippen LogP contribution < -0.4 is 0 Å². The third kappa shape index (κ3) is 5.26. The van der Waals surface area contributed by atoms with Gasteiger partial charge in [0.15, 0.2) is 5.82 Å². The molecule has 0 aliphatic carbocycles. The van der Waals surface area contributed by atoms with E-state index in [9.17, 15) is 0 Å². The van der Waals surface area contributed by atoms with Gasteiger partial charge in [0.2, 0.25) is 0 Å². The van der Waals surface area contributed by atoms with Crippen molar-refractivity contribution in [2.75, 3.05) is 0 Å². The summed E-state index contributed by atoms with van der Waals surface area (Å²) < 4.78 is 6.67. The first kappa shape index (κ1) is 31.1. The minimum Gasteiger partial charge on any atom is -0.455 e. The van der Waals surface area contributed by atoms with Crippen molar-refractivity contribution in [2.24, 2.45) is 0 Å². The van der Waals surface area contributed by atoms with Gasteiger partial charge < -0.3 is 4.42 Å². The van der Waals surface area contributed by atoms with Crippen molar-refractivity contribution in [3.8, 4) is 56.3 Å². The molecule has 0 saturated carbocycles. The highest BCUT2D eigenvalue weighted by atomic mass is 16.3. The number of rotatable bonds is 5. The van der Waals surface area contributed by atoms with Crippen molar-refractivity contribution < 1.29 is 4.42 Å². The third-order valence-electron chi connectivity index (χ3n) is 10.7. The van der Waals surface area contributed by atoms with Crippen molar-refractivity contribution in [2.45, 2.75) is 0 Å². The summed E-state index contributed by atoms with van der Waals surface area (Å²) in [5.74, 6) is 0.687. The molecule has 0 spiro atoms. The zero-order chi connectivity index (χ0) is 36.3. The van der Waals surface area contributed by atoms with Crippen LogP contribution in [0.5, 0.6) is 0 Å². The Morgan fingerprint density at radius 3 is 1.67 bits per heavy atom. The van der Waals surface area contributed by atoms with Gasteiger partial charge in [0.25, 0.3) is 0 Å². The van der Waals surface area contributed by atoms with Gasteiger partial charge in [-0.05, 0) is 63.0 Å². The van der Waals surface area contributed by atoms with Crippen molar-refractivity contribution in [1.82, 2.24) is 15.0 Å². The molecule has 0 saturated heterocycles. The molecule has 0 N–H and O–H groups in total. The van der Waals surface area contributed by atoms with Crippen LogP contribution in [0.25, 0.3) is 111 Å². The van der Waals surface area contributed by atoms with E-state index in [2.05, 4.69) is 140 Å². The van der Waals surface area contributed by atoms with Gasteiger partial charge in [-0.25, -0.2) is 15.0 Å². The Bertz CT molecular complexity index is 3180. The summed E-state index contributed by atoms with van der Waals surface area (Å²) in [6.07, 6.45) is 0. The summed E-state index contributed by atoms with van der Waals surface area (Å²) in [5, 5.41) is 7.88. The predicted molar refractivity (Wildman–Crippen MR) is 227 cm³/mol. The molecule has 3 aromatic heterocycles. The lowest BCUT2D eigenvalue weighted by Crippen LogP contribution is -1.96. The van der Waals surface area contributed by atoms with Crippen LogP contribution in [0.1, 0.15) is 0 Å². The fraction of sp³-hybridized carbons (Fsp3) is 0. The topological polar surface area (TPSA) is 51.8 Å². The maximum absolute atomic E-state index is 6.67. The Balaban J connectivity index is 1.06. The minimum atomic E-state index is 0.687. The first-order valence-corrected chi connectivity index (χ1v) is 18.5. The Labute approximate surface area is 317 Å². The number of hydrogen-bond acceptors (Lipinski definition) is 4. The fourth-order valence-electron chi connectivity index (χ4n) is 7.99. The van der Waals surface area contributed by atoms with Gasteiger partial charge in [-0.3, -0.25) is 0 Å². The molecule has 3 heterocycles. The van der Waals surface area contributed by atoms with Crippen molar-refractivity contribution >= 4 is 54.4 Å². The third-order valence-corrected chi connectivity index (χ3v) is 10.7.